The van der Waals surface area contributed by atoms with Gasteiger partial charge in [-0.1, -0.05) is 250 Å². The van der Waals surface area contributed by atoms with E-state index in [1.165, 1.54) is 31.9 Å². The lowest BCUT2D eigenvalue weighted by molar-refractivity contribution is 0.482. The molecule has 1 heterocycles. The molecule has 456 valence electrons. The van der Waals surface area contributed by atoms with Crippen molar-refractivity contribution in [2.24, 2.45) is 0 Å². The van der Waals surface area contributed by atoms with Crippen LogP contribution in [0.5, 0.6) is 23.0 Å². The molecule has 2 atom stereocenters. The number of benzene rings is 14. The van der Waals surface area contributed by atoms with Gasteiger partial charge in [-0.2, -0.15) is 0 Å². The highest BCUT2D eigenvalue weighted by atomic mass is 28.3. The van der Waals surface area contributed by atoms with Crippen molar-refractivity contribution >= 4 is 58.0 Å². The standard InChI is InChI=1S/C90H61F2NO2Si/c1-3-60-27-46-71(47-28-60)94-73-50-35-64(36-51-73)89(62-31-39-66(91)40-32-62)83-24-14-11-21-77(83)79-54-43-68(57-85(79)89)93(70-45-56-82-81-23-13-16-26-87(81)96(88(82)59-70,75-17-7-5-8-18-75)76-19-9-6-10-20-76)69-44-55-80-78-22-12-15-25-84(78)90(86(80)58-69,63-33-41-67(92)42-34-63)65-37-52-74(53-38-65)95-72-48-29-61(4-2)30-49-72/h3-59H,1-2H2. The molecular formula is C90H61F2NO2Si. The Morgan fingerprint density at radius 3 is 1.03 bits per heavy atom. The first-order valence-electron chi connectivity index (χ1n) is 32.5. The fourth-order valence-electron chi connectivity index (χ4n) is 16.0. The maximum atomic E-state index is 15.5. The molecule has 0 bridgehead atoms. The smallest absolute Gasteiger partial charge is 0.180 e. The average Bonchev–Trinajstić information content (AvgIpc) is 1.45. The van der Waals surface area contributed by atoms with Crippen LogP contribution in [-0.2, 0) is 10.8 Å². The Kier molecular flexibility index (Phi) is 14.0. The molecule has 0 N–H and O–H groups in total. The molecule has 0 fully saturated rings. The highest BCUT2D eigenvalue weighted by molar-refractivity contribution is 7.22. The summed E-state index contributed by atoms with van der Waals surface area (Å²) in [6, 6.07) is 116. The molecule has 0 spiro atoms. The number of anilines is 3. The van der Waals surface area contributed by atoms with Gasteiger partial charge in [-0.15, -0.1) is 0 Å². The molecule has 0 amide bonds. The summed E-state index contributed by atoms with van der Waals surface area (Å²) in [7, 11) is -3.04. The van der Waals surface area contributed by atoms with Crippen LogP contribution in [-0.4, -0.2) is 8.07 Å². The number of ether oxygens (including phenoxy) is 2. The average molecular weight is 1250 g/mol. The van der Waals surface area contributed by atoms with Crippen LogP contribution >= 0.6 is 0 Å². The van der Waals surface area contributed by atoms with E-state index in [9.17, 15) is 0 Å². The topological polar surface area (TPSA) is 21.7 Å². The molecule has 2 unspecified atom stereocenters. The van der Waals surface area contributed by atoms with Crippen molar-refractivity contribution in [3.05, 3.63) is 414 Å². The first-order chi connectivity index (χ1) is 47.3. The summed E-state index contributed by atoms with van der Waals surface area (Å²) in [6.07, 6.45) is 3.64. The Bertz CT molecular complexity index is 5040. The van der Waals surface area contributed by atoms with E-state index in [0.29, 0.717) is 23.0 Å². The molecule has 0 radical (unpaired) electrons. The van der Waals surface area contributed by atoms with Crippen LogP contribution in [0.15, 0.2) is 347 Å². The van der Waals surface area contributed by atoms with Crippen LogP contribution in [0.25, 0.3) is 45.5 Å². The van der Waals surface area contributed by atoms with E-state index in [4.69, 9.17) is 9.47 Å². The molecule has 1 aliphatic heterocycles. The van der Waals surface area contributed by atoms with E-state index < -0.39 is 18.9 Å². The first kappa shape index (κ1) is 57.9. The third kappa shape index (κ3) is 9.05. The molecule has 3 aliphatic rings. The van der Waals surface area contributed by atoms with Crippen LogP contribution in [0, 0.1) is 11.6 Å². The van der Waals surface area contributed by atoms with Crippen LogP contribution in [0.2, 0.25) is 0 Å². The van der Waals surface area contributed by atoms with Gasteiger partial charge in [-0.3, -0.25) is 0 Å². The van der Waals surface area contributed by atoms with Crippen molar-refractivity contribution in [3.8, 4) is 56.4 Å². The Balaban J connectivity index is 0.918. The molecule has 14 aromatic carbocycles. The maximum absolute atomic E-state index is 15.5. The van der Waals surface area contributed by atoms with Gasteiger partial charge in [0.25, 0.3) is 0 Å². The van der Waals surface area contributed by atoms with Gasteiger partial charge >= 0.3 is 0 Å². The minimum atomic E-state index is -3.04. The van der Waals surface area contributed by atoms with E-state index in [2.05, 4.69) is 230 Å². The zero-order chi connectivity index (χ0) is 64.5. The number of halogens is 2. The number of nitrogens with zero attached hydrogens (tertiary/aromatic N) is 1. The van der Waals surface area contributed by atoms with E-state index in [1.54, 1.807) is 24.3 Å². The van der Waals surface area contributed by atoms with Crippen LogP contribution in [0.3, 0.4) is 0 Å². The first-order valence-corrected chi connectivity index (χ1v) is 34.5. The predicted octanol–water partition coefficient (Wildman–Crippen LogP) is 20.4. The van der Waals surface area contributed by atoms with Gasteiger partial charge in [0.1, 0.15) is 34.6 Å². The lowest BCUT2D eigenvalue weighted by Crippen LogP contribution is -2.72. The minimum Gasteiger partial charge on any atom is -0.457 e. The molecular weight excluding hydrogens is 1190 g/mol. The largest absolute Gasteiger partial charge is 0.457 e. The minimum absolute atomic E-state index is 0.314. The summed E-state index contributed by atoms with van der Waals surface area (Å²) in [5.74, 6) is 2.17. The normalized spacial score (nSPS) is 15.6. The predicted molar refractivity (Wildman–Crippen MR) is 391 cm³/mol. The van der Waals surface area contributed by atoms with Gasteiger partial charge in [0.2, 0.25) is 0 Å². The lowest BCUT2D eigenvalue weighted by atomic mass is 9.67. The van der Waals surface area contributed by atoms with Crippen molar-refractivity contribution in [2.75, 3.05) is 4.90 Å². The maximum Gasteiger partial charge on any atom is 0.180 e. The third-order valence-corrected chi connectivity index (χ3v) is 25.0. The molecule has 17 rings (SSSR count). The van der Waals surface area contributed by atoms with Crippen LogP contribution in [0.1, 0.15) is 55.6 Å². The monoisotopic (exact) mass is 1250 g/mol. The molecule has 2 aliphatic carbocycles. The summed E-state index contributed by atoms with van der Waals surface area (Å²) in [5, 5.41) is 5.25. The van der Waals surface area contributed by atoms with Crippen molar-refractivity contribution in [3.63, 3.8) is 0 Å². The van der Waals surface area contributed by atoms with Gasteiger partial charge in [0.15, 0.2) is 8.07 Å². The zero-order valence-corrected chi connectivity index (χ0v) is 53.3. The fourth-order valence-corrected chi connectivity index (χ4v) is 21.2. The molecule has 6 heteroatoms. The molecule has 96 heavy (non-hydrogen) atoms. The zero-order valence-electron chi connectivity index (χ0n) is 52.3. The second-order valence-electron chi connectivity index (χ2n) is 25.0. The number of hydrogen-bond donors (Lipinski definition) is 0. The van der Waals surface area contributed by atoms with Crippen LogP contribution < -0.4 is 35.1 Å². The van der Waals surface area contributed by atoms with Gasteiger partial charge in [0.05, 0.1) is 10.8 Å². The highest BCUT2D eigenvalue weighted by Gasteiger charge is 2.51. The molecule has 0 aromatic heterocycles. The van der Waals surface area contributed by atoms with Gasteiger partial charge in [-0.25, -0.2) is 8.78 Å². The van der Waals surface area contributed by atoms with Crippen molar-refractivity contribution in [1.29, 1.82) is 0 Å². The molecule has 0 saturated carbocycles. The summed E-state index contributed by atoms with van der Waals surface area (Å²) >= 11 is 0. The van der Waals surface area contributed by atoms with Gasteiger partial charge in [0, 0.05) is 17.1 Å². The van der Waals surface area contributed by atoms with E-state index in [-0.39, 0.29) is 11.6 Å². The Morgan fingerprint density at radius 1 is 0.292 bits per heavy atom. The Labute approximate surface area is 559 Å². The molecule has 0 saturated heterocycles. The van der Waals surface area contributed by atoms with E-state index in [1.807, 2.05) is 109 Å². The molecule has 14 aromatic rings. The van der Waals surface area contributed by atoms with Crippen LogP contribution in [0.4, 0.5) is 25.8 Å². The number of hydrogen-bond acceptors (Lipinski definition) is 3. The summed E-state index contributed by atoms with van der Waals surface area (Å²) in [6.45, 7) is 7.87. The SMILES string of the molecule is C=Cc1ccc(Oc2ccc(C3(c4ccc(F)cc4)c4ccccc4-c4ccc(N(c5ccc6c(c5)C(c5ccc(F)cc5)(c5ccc(Oc7ccc(C=C)cc7)cc5)c5ccccc5-6)c5ccc6c(c5)[Si](c5ccccc5)(c5ccccc5)c5ccccc5-6)cc43)cc2)cc1. The summed E-state index contributed by atoms with van der Waals surface area (Å²) in [4.78, 5) is 2.44. The number of rotatable bonds is 15. The van der Waals surface area contributed by atoms with E-state index >= 15 is 8.78 Å². The summed E-state index contributed by atoms with van der Waals surface area (Å²) in [5.41, 5.74) is 17.9. The van der Waals surface area contributed by atoms with Crippen molar-refractivity contribution in [2.45, 2.75) is 10.8 Å². The van der Waals surface area contributed by atoms with E-state index in [0.717, 1.165) is 95.0 Å². The Morgan fingerprint density at radius 2 is 0.615 bits per heavy atom. The van der Waals surface area contributed by atoms with Gasteiger partial charge < -0.3 is 14.4 Å². The summed E-state index contributed by atoms with van der Waals surface area (Å²) < 4.78 is 44.1. The third-order valence-electron chi connectivity index (χ3n) is 20.1. The number of fused-ring (bicyclic) bond motifs is 9. The van der Waals surface area contributed by atoms with Crippen molar-refractivity contribution in [1.82, 2.24) is 0 Å². The second kappa shape index (κ2) is 23.2. The quantitative estimate of drug-likeness (QED) is 0.0955. The lowest BCUT2D eigenvalue weighted by Gasteiger charge is -2.36. The van der Waals surface area contributed by atoms with Crippen molar-refractivity contribution < 1.29 is 18.3 Å². The van der Waals surface area contributed by atoms with Gasteiger partial charge in [-0.05, 0) is 219 Å². The second-order valence-corrected chi connectivity index (χ2v) is 28.7. The fraction of sp³-hybridized carbons (Fsp3) is 0.0222. The highest BCUT2D eigenvalue weighted by Crippen LogP contribution is 2.60. The molecule has 3 nitrogen and oxygen atoms in total. The Hall–Kier alpha value is -12.0.